The molecule has 29 heavy (non-hydrogen) atoms. The summed E-state index contributed by atoms with van der Waals surface area (Å²) in [6.07, 6.45) is 2.77. The van der Waals surface area contributed by atoms with Gasteiger partial charge in [0.05, 0.1) is 20.3 Å². The van der Waals surface area contributed by atoms with Crippen molar-refractivity contribution in [3.8, 4) is 5.75 Å². The number of rotatable bonds is 6. The van der Waals surface area contributed by atoms with E-state index in [1.54, 1.807) is 12.1 Å². The lowest BCUT2D eigenvalue weighted by atomic mass is 10.2. The fraction of sp³-hybridized carbons (Fsp3) is 0.250. The maximum atomic E-state index is 13.0. The average molecular weight is 420 g/mol. The van der Waals surface area contributed by atoms with Gasteiger partial charge in [0.2, 0.25) is 15.9 Å². The lowest BCUT2D eigenvalue weighted by molar-refractivity contribution is -0.111. The second-order valence-electron chi connectivity index (χ2n) is 6.26. The quantitative estimate of drug-likeness (QED) is 0.726. The minimum absolute atomic E-state index is 0.0305. The summed E-state index contributed by atoms with van der Waals surface area (Å²) in [5.74, 6) is -0.597. The molecule has 2 aromatic carbocycles. The fourth-order valence-electron chi connectivity index (χ4n) is 2.81. The molecular weight excluding hydrogens is 399 g/mol. The number of morpholine rings is 1. The van der Waals surface area contributed by atoms with E-state index >= 15 is 0 Å². The number of hydrogen-bond donors (Lipinski definition) is 1. The molecule has 0 spiro atoms. The van der Waals surface area contributed by atoms with Crippen LogP contribution in [0.1, 0.15) is 5.56 Å². The van der Waals surface area contributed by atoms with Gasteiger partial charge < -0.3 is 14.8 Å². The predicted octanol–water partition coefficient (Wildman–Crippen LogP) is 2.51. The number of carbonyl (C=O) groups is 1. The van der Waals surface area contributed by atoms with E-state index in [0.717, 1.165) is 0 Å². The molecule has 0 saturated carbocycles. The van der Waals surface area contributed by atoms with Gasteiger partial charge >= 0.3 is 0 Å². The second-order valence-corrected chi connectivity index (χ2v) is 8.16. The van der Waals surface area contributed by atoms with Crippen molar-refractivity contribution in [2.75, 3.05) is 38.7 Å². The first kappa shape index (κ1) is 21.0. The Balaban J connectivity index is 1.79. The van der Waals surface area contributed by atoms with E-state index in [1.807, 2.05) is 0 Å². The standard InChI is InChI=1S/C20H21FN2O5S/c1-27-18-8-2-15(3-9-20(24)22-17-6-4-16(21)5-7-17)14-19(18)29(25,26)23-10-12-28-13-11-23/h2-9,14H,10-13H2,1H3,(H,22,24)/b9-3+. The Bertz CT molecular complexity index is 1000. The van der Waals surface area contributed by atoms with Crippen LogP contribution in [0.5, 0.6) is 5.75 Å². The van der Waals surface area contributed by atoms with Crippen LogP contribution < -0.4 is 10.1 Å². The highest BCUT2D eigenvalue weighted by Gasteiger charge is 2.29. The SMILES string of the molecule is COc1ccc(/C=C/C(=O)Nc2ccc(F)cc2)cc1S(=O)(=O)N1CCOCC1. The van der Waals surface area contributed by atoms with Crippen LogP contribution in [0.25, 0.3) is 6.08 Å². The van der Waals surface area contributed by atoms with Crippen molar-refractivity contribution in [3.63, 3.8) is 0 Å². The average Bonchev–Trinajstić information content (AvgIpc) is 2.74. The van der Waals surface area contributed by atoms with Gasteiger partial charge in [0.1, 0.15) is 16.5 Å². The summed E-state index contributed by atoms with van der Waals surface area (Å²) in [4.78, 5) is 12.1. The highest BCUT2D eigenvalue weighted by atomic mass is 32.2. The van der Waals surface area contributed by atoms with Gasteiger partial charge in [-0.1, -0.05) is 6.07 Å². The molecule has 7 nitrogen and oxygen atoms in total. The van der Waals surface area contributed by atoms with Gasteiger partial charge in [-0.3, -0.25) is 4.79 Å². The smallest absolute Gasteiger partial charge is 0.248 e. The molecule has 3 rings (SSSR count). The maximum Gasteiger partial charge on any atom is 0.248 e. The predicted molar refractivity (Wildman–Crippen MR) is 107 cm³/mol. The number of nitrogens with one attached hydrogen (secondary N) is 1. The summed E-state index contributed by atoms with van der Waals surface area (Å²) in [7, 11) is -2.36. The highest BCUT2D eigenvalue weighted by molar-refractivity contribution is 7.89. The number of benzene rings is 2. The number of nitrogens with zero attached hydrogens (tertiary/aromatic N) is 1. The number of amides is 1. The number of anilines is 1. The van der Waals surface area contributed by atoms with Crippen molar-refractivity contribution >= 4 is 27.7 Å². The van der Waals surface area contributed by atoms with Crippen molar-refractivity contribution in [2.45, 2.75) is 4.90 Å². The van der Waals surface area contributed by atoms with Crippen molar-refractivity contribution in [3.05, 3.63) is 59.9 Å². The molecule has 9 heteroatoms. The van der Waals surface area contributed by atoms with Gasteiger partial charge in [-0.15, -0.1) is 0 Å². The van der Waals surface area contributed by atoms with Crippen molar-refractivity contribution in [1.29, 1.82) is 0 Å². The van der Waals surface area contributed by atoms with Crippen LogP contribution in [-0.2, 0) is 19.6 Å². The van der Waals surface area contributed by atoms with Crippen LogP contribution in [0.4, 0.5) is 10.1 Å². The Morgan fingerprint density at radius 2 is 1.86 bits per heavy atom. The Labute approximate surface area is 168 Å². The Hall–Kier alpha value is -2.75. The number of carbonyl (C=O) groups excluding carboxylic acids is 1. The number of halogens is 1. The number of sulfonamides is 1. The molecule has 0 atom stereocenters. The van der Waals surface area contributed by atoms with Crippen molar-refractivity contribution in [2.24, 2.45) is 0 Å². The van der Waals surface area contributed by atoms with E-state index in [0.29, 0.717) is 24.5 Å². The molecular formula is C20H21FN2O5S. The van der Waals surface area contributed by atoms with E-state index in [2.05, 4.69) is 5.32 Å². The molecule has 1 N–H and O–H groups in total. The third-order valence-corrected chi connectivity index (χ3v) is 6.23. The van der Waals surface area contributed by atoms with E-state index in [4.69, 9.17) is 9.47 Å². The van der Waals surface area contributed by atoms with Crippen molar-refractivity contribution in [1.82, 2.24) is 4.31 Å². The zero-order valence-corrected chi connectivity index (χ0v) is 16.6. The van der Waals surface area contributed by atoms with Crippen LogP contribution in [0.2, 0.25) is 0 Å². The molecule has 0 unspecified atom stereocenters. The van der Waals surface area contributed by atoms with Crippen LogP contribution in [0.3, 0.4) is 0 Å². The second kappa shape index (κ2) is 9.17. The minimum atomic E-state index is -3.76. The third-order valence-electron chi connectivity index (χ3n) is 4.31. The van der Waals surface area contributed by atoms with Crippen molar-refractivity contribution < 1.29 is 27.1 Å². The van der Waals surface area contributed by atoms with Crippen LogP contribution in [0, 0.1) is 5.82 Å². The van der Waals surface area contributed by atoms with Gasteiger partial charge in [-0.2, -0.15) is 4.31 Å². The molecule has 0 bridgehead atoms. The zero-order chi connectivity index (χ0) is 20.9. The highest BCUT2D eigenvalue weighted by Crippen LogP contribution is 2.28. The van der Waals surface area contributed by atoms with Gasteiger partial charge in [0, 0.05) is 24.9 Å². The van der Waals surface area contributed by atoms with Crippen LogP contribution in [0.15, 0.2) is 53.4 Å². The maximum absolute atomic E-state index is 13.0. The molecule has 0 aromatic heterocycles. The first-order valence-electron chi connectivity index (χ1n) is 8.91. The molecule has 0 aliphatic carbocycles. The first-order chi connectivity index (χ1) is 13.9. The summed E-state index contributed by atoms with van der Waals surface area (Å²) in [6.45, 7) is 1.21. The third kappa shape index (κ3) is 5.20. The molecule has 1 saturated heterocycles. The van der Waals surface area contributed by atoms with Gasteiger partial charge in [0.15, 0.2) is 0 Å². The van der Waals surface area contributed by atoms with E-state index in [9.17, 15) is 17.6 Å². The normalized spacial score (nSPS) is 15.4. The summed E-state index contributed by atoms with van der Waals surface area (Å²) in [5.41, 5.74) is 0.971. The van der Waals surface area contributed by atoms with Gasteiger partial charge in [-0.05, 0) is 48.0 Å². The molecule has 1 amide bonds. The van der Waals surface area contributed by atoms with E-state index in [1.165, 1.54) is 53.9 Å². The van der Waals surface area contributed by atoms with Gasteiger partial charge in [0.25, 0.3) is 0 Å². The molecule has 154 valence electrons. The molecule has 0 radical (unpaired) electrons. The molecule has 1 aliphatic rings. The number of methoxy groups -OCH3 is 1. The zero-order valence-electron chi connectivity index (χ0n) is 15.8. The molecule has 1 aliphatic heterocycles. The van der Waals surface area contributed by atoms with Crippen LogP contribution in [-0.4, -0.2) is 52.0 Å². The first-order valence-corrected chi connectivity index (χ1v) is 10.3. The number of hydrogen-bond acceptors (Lipinski definition) is 5. The summed E-state index contributed by atoms with van der Waals surface area (Å²) >= 11 is 0. The lowest BCUT2D eigenvalue weighted by Crippen LogP contribution is -2.40. The monoisotopic (exact) mass is 420 g/mol. The van der Waals surface area contributed by atoms with E-state index in [-0.39, 0.29) is 23.7 Å². The Kier molecular flexibility index (Phi) is 6.63. The van der Waals surface area contributed by atoms with Gasteiger partial charge in [-0.25, -0.2) is 12.8 Å². The lowest BCUT2D eigenvalue weighted by Gasteiger charge is -2.26. The molecule has 1 fully saturated rings. The molecule has 1 heterocycles. The molecule has 2 aromatic rings. The fourth-order valence-corrected chi connectivity index (χ4v) is 4.41. The summed E-state index contributed by atoms with van der Waals surface area (Å²) < 4.78 is 50.7. The Morgan fingerprint density at radius 3 is 2.52 bits per heavy atom. The minimum Gasteiger partial charge on any atom is -0.495 e. The topological polar surface area (TPSA) is 84.9 Å². The van der Waals surface area contributed by atoms with Crippen LogP contribution >= 0.6 is 0 Å². The van der Waals surface area contributed by atoms with E-state index < -0.39 is 21.7 Å². The number of ether oxygens (including phenoxy) is 2. The largest absolute Gasteiger partial charge is 0.495 e. The summed E-state index contributed by atoms with van der Waals surface area (Å²) in [6, 6.07) is 10.0. The summed E-state index contributed by atoms with van der Waals surface area (Å²) in [5, 5.41) is 2.60. The Morgan fingerprint density at radius 1 is 1.17 bits per heavy atom.